The first kappa shape index (κ1) is 21.8. The summed E-state index contributed by atoms with van der Waals surface area (Å²) in [7, 11) is 0. The molecule has 0 aromatic carbocycles. The van der Waals surface area contributed by atoms with Gasteiger partial charge in [0.05, 0.1) is 16.9 Å². The number of ether oxygens (including phenoxy) is 2. The fourth-order valence-corrected chi connectivity index (χ4v) is 3.88. The van der Waals surface area contributed by atoms with Crippen molar-refractivity contribution in [3.8, 4) is 6.01 Å². The van der Waals surface area contributed by atoms with E-state index < -0.39 is 5.60 Å². The summed E-state index contributed by atoms with van der Waals surface area (Å²) in [5, 5.41) is 0. The van der Waals surface area contributed by atoms with E-state index in [1.807, 2.05) is 25.7 Å². The third kappa shape index (κ3) is 6.29. The first-order valence-corrected chi connectivity index (χ1v) is 10.9. The van der Waals surface area contributed by atoms with E-state index in [0.29, 0.717) is 32.2 Å². The van der Waals surface area contributed by atoms with E-state index in [9.17, 15) is 9.59 Å². The Hall–Kier alpha value is -1.90. The van der Waals surface area contributed by atoms with E-state index in [0.717, 1.165) is 30.2 Å². The molecule has 0 bridgehead atoms. The van der Waals surface area contributed by atoms with Gasteiger partial charge >= 0.3 is 12.1 Å². The standard InChI is InChI=1S/C20H29BrN4O4/c1-20(2,3)29-19(27)25-9-4-6-14(12-25)17(26)24-8-5-7-16(13-24)28-18-22-10-15(21)11-23-18/h10-11,14,16H,4-9,12-13H2,1-3H3. The average Bonchev–Trinajstić information content (AvgIpc) is 2.68. The number of amides is 2. The van der Waals surface area contributed by atoms with Crippen LogP contribution in [0.4, 0.5) is 4.79 Å². The zero-order valence-electron chi connectivity index (χ0n) is 17.3. The number of nitrogens with zero attached hydrogens (tertiary/aromatic N) is 4. The van der Waals surface area contributed by atoms with Crippen LogP contribution >= 0.6 is 15.9 Å². The minimum Gasteiger partial charge on any atom is -0.458 e. The van der Waals surface area contributed by atoms with Crippen LogP contribution < -0.4 is 4.74 Å². The molecule has 2 aliphatic heterocycles. The van der Waals surface area contributed by atoms with Gasteiger partial charge in [-0.15, -0.1) is 0 Å². The molecule has 0 spiro atoms. The van der Waals surface area contributed by atoms with Gasteiger partial charge in [-0.2, -0.15) is 0 Å². The number of rotatable bonds is 3. The molecule has 2 unspecified atom stereocenters. The van der Waals surface area contributed by atoms with Crippen LogP contribution in [0, 0.1) is 5.92 Å². The highest BCUT2D eigenvalue weighted by molar-refractivity contribution is 9.10. The van der Waals surface area contributed by atoms with Crippen molar-refractivity contribution in [1.29, 1.82) is 0 Å². The Kier molecular flexibility index (Phi) is 6.97. The van der Waals surface area contributed by atoms with Crippen LogP contribution in [-0.4, -0.2) is 69.7 Å². The largest absolute Gasteiger partial charge is 0.458 e. The molecule has 3 rings (SSSR count). The van der Waals surface area contributed by atoms with Gasteiger partial charge in [-0.05, 0) is 62.4 Å². The predicted octanol–water partition coefficient (Wildman–Crippen LogP) is 3.26. The number of carbonyl (C=O) groups is 2. The van der Waals surface area contributed by atoms with Gasteiger partial charge < -0.3 is 19.3 Å². The Morgan fingerprint density at radius 1 is 1.07 bits per heavy atom. The van der Waals surface area contributed by atoms with Gasteiger partial charge in [0.1, 0.15) is 11.7 Å². The van der Waals surface area contributed by atoms with Crippen molar-refractivity contribution in [3.05, 3.63) is 16.9 Å². The van der Waals surface area contributed by atoms with Gasteiger partial charge in [-0.1, -0.05) is 0 Å². The molecular formula is C20H29BrN4O4. The lowest BCUT2D eigenvalue weighted by atomic mass is 9.95. The Bertz CT molecular complexity index is 722. The van der Waals surface area contributed by atoms with Gasteiger partial charge in [0.2, 0.25) is 5.91 Å². The molecule has 0 N–H and O–H groups in total. The second-order valence-electron chi connectivity index (χ2n) is 8.62. The summed E-state index contributed by atoms with van der Waals surface area (Å²) >= 11 is 3.30. The lowest BCUT2D eigenvalue weighted by Crippen LogP contribution is -2.51. The molecule has 29 heavy (non-hydrogen) atoms. The molecular weight excluding hydrogens is 440 g/mol. The van der Waals surface area contributed by atoms with E-state index in [2.05, 4.69) is 25.9 Å². The molecule has 1 aromatic heterocycles. The maximum atomic E-state index is 13.1. The van der Waals surface area contributed by atoms with Gasteiger partial charge in [0, 0.05) is 32.0 Å². The van der Waals surface area contributed by atoms with Crippen molar-refractivity contribution >= 4 is 27.9 Å². The molecule has 8 nitrogen and oxygen atoms in total. The van der Waals surface area contributed by atoms with Crippen molar-refractivity contribution in [1.82, 2.24) is 19.8 Å². The van der Waals surface area contributed by atoms with Gasteiger partial charge in [-0.25, -0.2) is 14.8 Å². The Balaban J connectivity index is 1.56. The molecule has 0 aliphatic carbocycles. The molecule has 2 atom stereocenters. The zero-order valence-corrected chi connectivity index (χ0v) is 18.9. The second kappa shape index (κ2) is 9.28. The van der Waals surface area contributed by atoms with Crippen LogP contribution in [0.5, 0.6) is 6.01 Å². The van der Waals surface area contributed by atoms with Crippen molar-refractivity contribution < 1.29 is 19.1 Å². The van der Waals surface area contributed by atoms with Crippen LogP contribution in [0.25, 0.3) is 0 Å². The number of piperidine rings is 2. The summed E-state index contributed by atoms with van der Waals surface area (Å²) < 4.78 is 12.1. The van der Waals surface area contributed by atoms with Crippen molar-refractivity contribution in [2.24, 2.45) is 5.92 Å². The first-order chi connectivity index (χ1) is 13.7. The molecule has 2 fully saturated rings. The monoisotopic (exact) mass is 468 g/mol. The Morgan fingerprint density at radius 2 is 1.72 bits per heavy atom. The molecule has 0 saturated carbocycles. The lowest BCUT2D eigenvalue weighted by molar-refractivity contribution is -0.139. The maximum Gasteiger partial charge on any atom is 0.410 e. The van der Waals surface area contributed by atoms with Crippen molar-refractivity contribution in [2.45, 2.75) is 58.2 Å². The zero-order chi connectivity index (χ0) is 21.0. The summed E-state index contributed by atoms with van der Waals surface area (Å²) in [6.07, 6.45) is 6.13. The molecule has 2 amide bonds. The molecule has 3 heterocycles. The molecule has 2 saturated heterocycles. The van der Waals surface area contributed by atoms with Crippen LogP contribution in [-0.2, 0) is 9.53 Å². The number of carbonyl (C=O) groups excluding carboxylic acids is 2. The van der Waals surface area contributed by atoms with Crippen LogP contribution in [0.15, 0.2) is 16.9 Å². The van der Waals surface area contributed by atoms with Crippen LogP contribution in [0.3, 0.4) is 0 Å². The summed E-state index contributed by atoms with van der Waals surface area (Å²) in [5.74, 6) is -0.109. The highest BCUT2D eigenvalue weighted by Crippen LogP contribution is 2.24. The number of halogens is 1. The summed E-state index contributed by atoms with van der Waals surface area (Å²) in [4.78, 5) is 37.3. The number of likely N-dealkylation sites (tertiary alicyclic amines) is 2. The fraction of sp³-hybridized carbons (Fsp3) is 0.700. The summed E-state index contributed by atoms with van der Waals surface area (Å²) in [6, 6.07) is 0.321. The van der Waals surface area contributed by atoms with Crippen molar-refractivity contribution in [2.75, 3.05) is 26.2 Å². The third-order valence-electron chi connectivity index (χ3n) is 4.98. The molecule has 2 aliphatic rings. The minimum atomic E-state index is -0.541. The smallest absolute Gasteiger partial charge is 0.410 e. The van der Waals surface area contributed by atoms with Gasteiger partial charge in [0.15, 0.2) is 0 Å². The molecule has 160 valence electrons. The minimum absolute atomic E-state index is 0.0864. The number of hydrogen-bond donors (Lipinski definition) is 0. The summed E-state index contributed by atoms with van der Waals surface area (Å²) in [5.41, 5.74) is -0.541. The van der Waals surface area contributed by atoms with E-state index in [1.54, 1.807) is 17.3 Å². The van der Waals surface area contributed by atoms with E-state index in [4.69, 9.17) is 9.47 Å². The number of hydrogen-bond acceptors (Lipinski definition) is 6. The Labute approximate surface area is 180 Å². The van der Waals surface area contributed by atoms with Gasteiger partial charge in [0.25, 0.3) is 0 Å². The fourth-order valence-electron chi connectivity index (χ4n) is 3.67. The predicted molar refractivity (Wildman–Crippen MR) is 110 cm³/mol. The van der Waals surface area contributed by atoms with E-state index >= 15 is 0 Å². The molecule has 1 aromatic rings. The topological polar surface area (TPSA) is 84.9 Å². The van der Waals surface area contributed by atoms with Gasteiger partial charge in [-0.3, -0.25) is 4.79 Å². The Morgan fingerprint density at radius 3 is 2.41 bits per heavy atom. The van der Waals surface area contributed by atoms with E-state index in [-0.39, 0.29) is 24.0 Å². The third-order valence-corrected chi connectivity index (χ3v) is 5.39. The van der Waals surface area contributed by atoms with Crippen molar-refractivity contribution in [3.63, 3.8) is 0 Å². The summed E-state index contributed by atoms with van der Waals surface area (Å²) in [6.45, 7) is 7.81. The second-order valence-corrected chi connectivity index (χ2v) is 9.53. The quantitative estimate of drug-likeness (QED) is 0.676. The molecule has 9 heteroatoms. The SMILES string of the molecule is CC(C)(C)OC(=O)N1CCCC(C(=O)N2CCCC(Oc3ncc(Br)cn3)C2)C1. The van der Waals surface area contributed by atoms with E-state index in [1.165, 1.54) is 0 Å². The molecule has 0 radical (unpaired) electrons. The first-order valence-electron chi connectivity index (χ1n) is 10.1. The highest BCUT2D eigenvalue weighted by Gasteiger charge is 2.35. The average molecular weight is 469 g/mol. The van der Waals surface area contributed by atoms with Crippen LogP contribution in [0.1, 0.15) is 46.5 Å². The maximum absolute atomic E-state index is 13.1. The lowest BCUT2D eigenvalue weighted by Gasteiger charge is -2.38. The number of aromatic nitrogens is 2. The van der Waals surface area contributed by atoms with Crippen LogP contribution in [0.2, 0.25) is 0 Å². The highest BCUT2D eigenvalue weighted by atomic mass is 79.9. The normalized spacial score (nSPS) is 22.9.